The SMILES string of the molecule is C[C@](N)(NC(N)=O)N1C[C@@H](c2ccccc2)C(c2ccc(Cl)cc2)=N1. The van der Waals surface area contributed by atoms with Gasteiger partial charge >= 0.3 is 6.03 Å². The van der Waals surface area contributed by atoms with E-state index in [4.69, 9.17) is 23.1 Å². The minimum atomic E-state index is -1.19. The van der Waals surface area contributed by atoms with Gasteiger partial charge in [0, 0.05) is 10.9 Å². The van der Waals surface area contributed by atoms with Crippen molar-refractivity contribution in [2.24, 2.45) is 16.6 Å². The Hall–Kier alpha value is -2.57. The van der Waals surface area contributed by atoms with Gasteiger partial charge in [0.15, 0.2) is 5.79 Å². The van der Waals surface area contributed by atoms with Crippen LogP contribution in [0.3, 0.4) is 0 Å². The van der Waals surface area contributed by atoms with Gasteiger partial charge in [-0.05, 0) is 30.2 Å². The molecule has 1 aliphatic rings. The van der Waals surface area contributed by atoms with Crippen molar-refractivity contribution in [1.29, 1.82) is 0 Å². The number of halogens is 1. The lowest BCUT2D eigenvalue weighted by molar-refractivity contribution is 0.0988. The summed E-state index contributed by atoms with van der Waals surface area (Å²) in [7, 11) is 0. The summed E-state index contributed by atoms with van der Waals surface area (Å²) >= 11 is 6.00. The standard InChI is InChI=1S/C18H20ClN5O/c1-18(21,22-17(20)25)24-11-15(12-5-3-2-4-6-12)16(23-24)13-7-9-14(19)10-8-13/h2-10,15H,11,21H2,1H3,(H3,20,22,25)/t15-,18-/m0/s1. The summed E-state index contributed by atoms with van der Waals surface area (Å²) in [4.78, 5) is 11.3. The number of nitrogens with two attached hydrogens (primary N) is 2. The molecule has 0 aliphatic carbocycles. The minimum Gasteiger partial charge on any atom is -0.352 e. The van der Waals surface area contributed by atoms with E-state index in [0.717, 1.165) is 16.8 Å². The summed E-state index contributed by atoms with van der Waals surface area (Å²) < 4.78 is 0. The largest absolute Gasteiger partial charge is 0.352 e. The average molecular weight is 358 g/mol. The molecule has 0 saturated heterocycles. The van der Waals surface area contributed by atoms with Crippen molar-refractivity contribution in [3.8, 4) is 0 Å². The lowest BCUT2D eigenvalue weighted by atomic mass is 9.90. The summed E-state index contributed by atoms with van der Waals surface area (Å²) in [5.74, 6) is -1.17. The maximum Gasteiger partial charge on any atom is 0.315 e. The lowest BCUT2D eigenvalue weighted by Gasteiger charge is -2.34. The topological polar surface area (TPSA) is 96.7 Å². The predicted octanol–water partition coefficient (Wildman–Crippen LogP) is 2.44. The molecule has 6 nitrogen and oxygen atoms in total. The second-order valence-corrected chi connectivity index (χ2v) is 6.61. The first-order chi connectivity index (χ1) is 11.9. The van der Waals surface area contributed by atoms with E-state index in [9.17, 15) is 4.79 Å². The van der Waals surface area contributed by atoms with Gasteiger partial charge in [0.2, 0.25) is 0 Å². The monoisotopic (exact) mass is 357 g/mol. The number of hydrogen-bond acceptors (Lipinski definition) is 4. The van der Waals surface area contributed by atoms with E-state index in [0.29, 0.717) is 11.6 Å². The normalized spacial score (nSPS) is 19.2. The first-order valence-corrected chi connectivity index (χ1v) is 8.28. The molecule has 0 radical (unpaired) electrons. The Kier molecular flexibility index (Phi) is 4.65. The number of urea groups is 1. The van der Waals surface area contributed by atoms with E-state index in [1.165, 1.54) is 0 Å². The van der Waals surface area contributed by atoms with Gasteiger partial charge in [0.1, 0.15) is 0 Å². The minimum absolute atomic E-state index is 0.0138. The third kappa shape index (κ3) is 3.75. The van der Waals surface area contributed by atoms with Gasteiger partial charge in [0.25, 0.3) is 0 Å². The zero-order chi connectivity index (χ0) is 18.0. The van der Waals surface area contributed by atoms with E-state index in [2.05, 4.69) is 22.6 Å². The molecule has 0 saturated carbocycles. The van der Waals surface area contributed by atoms with E-state index in [1.807, 2.05) is 42.5 Å². The van der Waals surface area contributed by atoms with Gasteiger partial charge in [-0.15, -0.1) is 0 Å². The van der Waals surface area contributed by atoms with Gasteiger partial charge in [0.05, 0.1) is 12.3 Å². The number of carbonyl (C=O) groups excluding carboxylic acids is 1. The average Bonchev–Trinajstić information content (AvgIpc) is 3.01. The van der Waals surface area contributed by atoms with Crippen LogP contribution < -0.4 is 16.8 Å². The van der Waals surface area contributed by atoms with E-state index in [-0.39, 0.29) is 5.92 Å². The van der Waals surface area contributed by atoms with Crippen LogP contribution in [0.5, 0.6) is 0 Å². The fraction of sp³-hybridized carbons (Fsp3) is 0.222. The molecule has 0 aromatic heterocycles. The molecule has 1 aliphatic heterocycles. The van der Waals surface area contributed by atoms with E-state index in [1.54, 1.807) is 11.9 Å². The number of nitrogens with one attached hydrogen (secondary N) is 1. The molecule has 7 heteroatoms. The maximum atomic E-state index is 11.3. The molecule has 2 aromatic carbocycles. The van der Waals surface area contributed by atoms with Crippen LogP contribution in [-0.2, 0) is 0 Å². The highest BCUT2D eigenvalue weighted by Gasteiger charge is 2.37. The van der Waals surface area contributed by atoms with Crippen molar-refractivity contribution in [2.45, 2.75) is 18.6 Å². The third-order valence-corrected chi connectivity index (χ3v) is 4.42. The molecular formula is C18H20ClN5O. The fourth-order valence-corrected chi connectivity index (χ4v) is 3.06. The highest BCUT2D eigenvalue weighted by atomic mass is 35.5. The third-order valence-electron chi connectivity index (χ3n) is 4.17. The molecular weight excluding hydrogens is 338 g/mol. The van der Waals surface area contributed by atoms with Crippen molar-refractivity contribution in [2.75, 3.05) is 6.54 Å². The molecule has 2 amide bonds. The number of rotatable bonds is 4. The lowest BCUT2D eigenvalue weighted by Crippen LogP contribution is -2.64. The van der Waals surface area contributed by atoms with Crippen molar-refractivity contribution >= 4 is 23.3 Å². The molecule has 0 spiro atoms. The van der Waals surface area contributed by atoms with Crippen LogP contribution in [0.2, 0.25) is 5.02 Å². The number of amides is 2. The summed E-state index contributed by atoms with van der Waals surface area (Å²) in [5, 5.41) is 9.52. The number of nitrogens with zero attached hydrogens (tertiary/aromatic N) is 2. The molecule has 130 valence electrons. The highest BCUT2D eigenvalue weighted by Crippen LogP contribution is 2.31. The van der Waals surface area contributed by atoms with Crippen molar-refractivity contribution in [3.05, 3.63) is 70.7 Å². The summed E-state index contributed by atoms with van der Waals surface area (Å²) in [6.45, 7) is 2.18. The number of carbonyl (C=O) groups is 1. The number of benzene rings is 2. The Balaban J connectivity index is 1.99. The molecule has 25 heavy (non-hydrogen) atoms. The van der Waals surface area contributed by atoms with Crippen LogP contribution in [0.15, 0.2) is 59.7 Å². The first kappa shape index (κ1) is 17.3. The summed E-state index contributed by atoms with van der Waals surface area (Å²) in [6, 6.07) is 16.9. The molecule has 1 heterocycles. The first-order valence-electron chi connectivity index (χ1n) is 7.90. The van der Waals surface area contributed by atoms with Gasteiger partial charge < -0.3 is 11.1 Å². The van der Waals surface area contributed by atoms with Crippen molar-refractivity contribution in [3.63, 3.8) is 0 Å². The molecule has 0 unspecified atom stereocenters. The molecule has 5 N–H and O–H groups in total. The van der Waals surface area contributed by atoms with E-state index < -0.39 is 11.8 Å². The molecule has 3 rings (SSSR count). The zero-order valence-corrected chi connectivity index (χ0v) is 14.6. The molecule has 0 fully saturated rings. The molecule has 2 atom stereocenters. The highest BCUT2D eigenvalue weighted by molar-refractivity contribution is 6.30. The number of hydrogen-bond donors (Lipinski definition) is 3. The zero-order valence-electron chi connectivity index (χ0n) is 13.8. The Bertz CT molecular complexity index is 789. The van der Waals surface area contributed by atoms with Gasteiger partial charge in [-0.2, -0.15) is 5.10 Å². The fourth-order valence-electron chi connectivity index (χ4n) is 2.94. The van der Waals surface area contributed by atoms with E-state index >= 15 is 0 Å². The second-order valence-electron chi connectivity index (χ2n) is 6.17. The smallest absolute Gasteiger partial charge is 0.315 e. The summed E-state index contributed by atoms with van der Waals surface area (Å²) in [6.07, 6.45) is 0. The Labute approximate surface area is 151 Å². The van der Waals surface area contributed by atoms with Gasteiger partial charge in [-0.25, -0.2) is 4.79 Å². The Morgan fingerprint density at radius 3 is 2.48 bits per heavy atom. The van der Waals surface area contributed by atoms with Crippen LogP contribution in [0.25, 0.3) is 0 Å². The summed E-state index contributed by atoms with van der Waals surface area (Å²) in [5.41, 5.74) is 14.4. The Morgan fingerprint density at radius 2 is 1.88 bits per heavy atom. The quantitative estimate of drug-likeness (QED) is 0.733. The maximum absolute atomic E-state index is 11.3. The number of primary amides is 1. The van der Waals surface area contributed by atoms with Crippen LogP contribution in [-0.4, -0.2) is 29.1 Å². The van der Waals surface area contributed by atoms with Gasteiger partial charge in [-0.3, -0.25) is 10.7 Å². The van der Waals surface area contributed by atoms with Crippen LogP contribution in [0, 0.1) is 0 Å². The molecule has 2 aromatic rings. The molecule has 0 bridgehead atoms. The Morgan fingerprint density at radius 1 is 1.24 bits per heavy atom. The van der Waals surface area contributed by atoms with Gasteiger partial charge in [-0.1, -0.05) is 54.1 Å². The van der Waals surface area contributed by atoms with Crippen LogP contribution in [0.1, 0.15) is 24.0 Å². The predicted molar refractivity (Wildman–Crippen MR) is 99.2 cm³/mol. The van der Waals surface area contributed by atoms with Crippen LogP contribution >= 0.6 is 11.6 Å². The van der Waals surface area contributed by atoms with Crippen LogP contribution in [0.4, 0.5) is 4.79 Å². The van der Waals surface area contributed by atoms with Crippen molar-refractivity contribution < 1.29 is 4.79 Å². The second kappa shape index (κ2) is 6.74. The van der Waals surface area contributed by atoms with Crippen molar-refractivity contribution in [1.82, 2.24) is 10.3 Å². The number of hydrazone groups is 1.